The monoisotopic (exact) mass is 408 g/mol. The summed E-state index contributed by atoms with van der Waals surface area (Å²) in [5.41, 5.74) is 1.30. The highest BCUT2D eigenvalue weighted by molar-refractivity contribution is 6.11. The van der Waals surface area contributed by atoms with E-state index in [1.54, 1.807) is 0 Å². The molecule has 7 nitrogen and oxygen atoms in total. The summed E-state index contributed by atoms with van der Waals surface area (Å²) in [7, 11) is 0. The first-order valence-corrected chi connectivity index (χ1v) is 10.5. The van der Waals surface area contributed by atoms with Crippen molar-refractivity contribution in [2.45, 2.75) is 25.2 Å². The third-order valence-electron chi connectivity index (χ3n) is 6.03. The molecule has 7 heteroatoms. The van der Waals surface area contributed by atoms with Gasteiger partial charge in [-0.3, -0.25) is 14.5 Å². The van der Waals surface area contributed by atoms with Crippen LogP contribution in [-0.2, 0) is 14.3 Å². The first kappa shape index (κ1) is 19.2. The number of morpholine rings is 1. The van der Waals surface area contributed by atoms with Gasteiger partial charge in [0.25, 0.3) is 0 Å². The number of benzene rings is 2. The third-order valence-corrected chi connectivity index (χ3v) is 6.03. The second-order valence-electron chi connectivity index (χ2n) is 7.96. The maximum Gasteiger partial charge on any atom is 0.167 e. The SMILES string of the molecule is O=C1CC[C@@H](c2noc3ccc4cc(OCCN5CCOCC5)ccc4c23)C(=O)C1. The molecule has 1 aliphatic heterocycles. The zero-order chi connectivity index (χ0) is 20.5. The quantitative estimate of drug-likeness (QED) is 0.600. The Hall–Kier alpha value is -2.77. The number of hydrogen-bond donors (Lipinski definition) is 0. The topological polar surface area (TPSA) is 81.9 Å². The van der Waals surface area contributed by atoms with Crippen LogP contribution in [0.5, 0.6) is 5.75 Å². The van der Waals surface area contributed by atoms with Crippen molar-refractivity contribution in [1.82, 2.24) is 10.1 Å². The van der Waals surface area contributed by atoms with Crippen LogP contribution >= 0.6 is 0 Å². The molecule has 1 aliphatic carbocycles. The number of aromatic nitrogens is 1. The molecule has 0 amide bonds. The molecule has 0 bridgehead atoms. The molecule has 0 radical (unpaired) electrons. The molecule has 0 spiro atoms. The number of ether oxygens (including phenoxy) is 2. The minimum atomic E-state index is -0.376. The van der Waals surface area contributed by atoms with E-state index < -0.39 is 0 Å². The van der Waals surface area contributed by atoms with Gasteiger partial charge < -0.3 is 14.0 Å². The average molecular weight is 408 g/mol. The van der Waals surface area contributed by atoms with Crippen molar-refractivity contribution in [2.24, 2.45) is 0 Å². The molecule has 0 N–H and O–H groups in total. The lowest BCUT2D eigenvalue weighted by Gasteiger charge is -2.26. The van der Waals surface area contributed by atoms with E-state index in [1.807, 2.05) is 30.3 Å². The van der Waals surface area contributed by atoms with Crippen molar-refractivity contribution in [2.75, 3.05) is 39.5 Å². The van der Waals surface area contributed by atoms with E-state index in [4.69, 9.17) is 14.0 Å². The fourth-order valence-corrected chi connectivity index (χ4v) is 4.38. The van der Waals surface area contributed by atoms with Gasteiger partial charge in [0, 0.05) is 26.1 Å². The van der Waals surface area contributed by atoms with Crippen molar-refractivity contribution in [1.29, 1.82) is 0 Å². The summed E-state index contributed by atoms with van der Waals surface area (Å²) < 4.78 is 16.9. The Bertz CT molecular complexity index is 1100. The van der Waals surface area contributed by atoms with E-state index in [1.165, 1.54) is 0 Å². The summed E-state index contributed by atoms with van der Waals surface area (Å²) >= 11 is 0. The number of carbonyl (C=O) groups excluding carboxylic acids is 2. The van der Waals surface area contributed by atoms with Gasteiger partial charge in [-0.05, 0) is 41.5 Å². The van der Waals surface area contributed by atoms with Gasteiger partial charge in [0.05, 0.1) is 30.9 Å². The number of carbonyl (C=O) groups is 2. The number of Topliss-reactive ketones (excluding diaryl/α,β-unsaturated/α-hetero) is 2. The molecule has 2 fully saturated rings. The van der Waals surface area contributed by atoms with Crippen LogP contribution in [0, 0.1) is 0 Å². The van der Waals surface area contributed by atoms with Gasteiger partial charge in [0.1, 0.15) is 29.6 Å². The van der Waals surface area contributed by atoms with Gasteiger partial charge in [0.2, 0.25) is 0 Å². The van der Waals surface area contributed by atoms with Gasteiger partial charge in [-0.25, -0.2) is 0 Å². The van der Waals surface area contributed by atoms with Crippen molar-refractivity contribution in [3.05, 3.63) is 36.0 Å². The van der Waals surface area contributed by atoms with E-state index in [0.29, 0.717) is 30.7 Å². The van der Waals surface area contributed by atoms with E-state index in [9.17, 15) is 9.59 Å². The van der Waals surface area contributed by atoms with Crippen molar-refractivity contribution in [3.8, 4) is 5.75 Å². The van der Waals surface area contributed by atoms with Crippen LogP contribution in [0.4, 0.5) is 0 Å². The third kappa shape index (κ3) is 3.70. The average Bonchev–Trinajstić information content (AvgIpc) is 3.19. The first-order valence-electron chi connectivity index (χ1n) is 10.5. The number of fused-ring (bicyclic) bond motifs is 3. The molecular formula is C23H24N2O5. The lowest BCUT2D eigenvalue weighted by atomic mass is 9.83. The van der Waals surface area contributed by atoms with Gasteiger partial charge in [-0.15, -0.1) is 0 Å². The largest absolute Gasteiger partial charge is 0.492 e. The highest BCUT2D eigenvalue weighted by Crippen LogP contribution is 2.37. The summed E-state index contributed by atoms with van der Waals surface area (Å²) in [6, 6.07) is 9.82. The Morgan fingerprint density at radius 3 is 2.83 bits per heavy atom. The van der Waals surface area contributed by atoms with Gasteiger partial charge in [0.15, 0.2) is 5.58 Å². The number of nitrogens with zero attached hydrogens (tertiary/aromatic N) is 2. The molecule has 2 aromatic carbocycles. The Balaban J connectivity index is 1.39. The predicted octanol–water partition coefficient (Wildman–Crippen LogP) is 3.10. The van der Waals surface area contributed by atoms with E-state index in [-0.39, 0.29) is 23.9 Å². The van der Waals surface area contributed by atoms with Crippen LogP contribution in [0.3, 0.4) is 0 Å². The second kappa shape index (κ2) is 8.16. The van der Waals surface area contributed by atoms with Crippen LogP contribution in [-0.4, -0.2) is 61.1 Å². The highest BCUT2D eigenvalue weighted by atomic mass is 16.5. The predicted molar refractivity (Wildman–Crippen MR) is 111 cm³/mol. The molecule has 2 aliphatic rings. The van der Waals surface area contributed by atoms with Crippen molar-refractivity contribution < 1.29 is 23.6 Å². The van der Waals surface area contributed by atoms with Crippen LogP contribution in [0.25, 0.3) is 21.7 Å². The molecular weight excluding hydrogens is 384 g/mol. The van der Waals surface area contributed by atoms with Gasteiger partial charge in [-0.2, -0.15) is 0 Å². The highest BCUT2D eigenvalue weighted by Gasteiger charge is 2.32. The first-order chi connectivity index (χ1) is 14.7. The number of ketones is 2. The molecule has 1 atom stereocenters. The Morgan fingerprint density at radius 2 is 2.00 bits per heavy atom. The molecule has 5 rings (SSSR count). The molecule has 1 aromatic heterocycles. The minimum Gasteiger partial charge on any atom is -0.492 e. The van der Waals surface area contributed by atoms with Crippen molar-refractivity contribution in [3.63, 3.8) is 0 Å². The lowest BCUT2D eigenvalue weighted by Crippen LogP contribution is -2.38. The Labute approximate surface area is 173 Å². The molecule has 30 heavy (non-hydrogen) atoms. The van der Waals surface area contributed by atoms with E-state index >= 15 is 0 Å². The normalized spacial score (nSPS) is 20.9. The fourth-order valence-electron chi connectivity index (χ4n) is 4.38. The lowest BCUT2D eigenvalue weighted by molar-refractivity contribution is -0.130. The molecule has 2 heterocycles. The molecule has 3 aromatic rings. The van der Waals surface area contributed by atoms with Crippen molar-refractivity contribution >= 4 is 33.3 Å². The van der Waals surface area contributed by atoms with Gasteiger partial charge >= 0.3 is 0 Å². The molecule has 0 unspecified atom stereocenters. The second-order valence-corrected chi connectivity index (χ2v) is 7.96. The fraction of sp³-hybridized carbons (Fsp3) is 0.435. The molecule has 156 valence electrons. The van der Waals surface area contributed by atoms with Crippen LogP contribution in [0.1, 0.15) is 30.9 Å². The zero-order valence-corrected chi connectivity index (χ0v) is 16.8. The number of hydrogen-bond acceptors (Lipinski definition) is 7. The Kier molecular flexibility index (Phi) is 5.23. The molecule has 1 saturated heterocycles. The summed E-state index contributed by atoms with van der Waals surface area (Å²) in [4.78, 5) is 26.4. The van der Waals surface area contributed by atoms with Crippen LogP contribution in [0.2, 0.25) is 0 Å². The minimum absolute atomic E-state index is 0.00720. The van der Waals surface area contributed by atoms with Crippen LogP contribution in [0.15, 0.2) is 34.9 Å². The summed E-state index contributed by atoms with van der Waals surface area (Å²) in [5, 5.41) is 7.07. The summed E-state index contributed by atoms with van der Waals surface area (Å²) in [6.07, 6.45) is 0.903. The smallest absolute Gasteiger partial charge is 0.167 e. The van der Waals surface area contributed by atoms with Gasteiger partial charge in [-0.1, -0.05) is 11.2 Å². The van der Waals surface area contributed by atoms with E-state index in [2.05, 4.69) is 10.1 Å². The maximum atomic E-state index is 12.5. The number of rotatable bonds is 5. The standard InChI is InChI=1S/C23H24N2O5/c26-16-2-4-19(20(27)14-16)23-22-18-5-3-17(13-15(18)1-6-21(22)30-24-23)29-12-9-25-7-10-28-11-8-25/h1,3,5-6,13,19H,2,4,7-12,14H2/t19-/m1/s1. The summed E-state index contributed by atoms with van der Waals surface area (Å²) in [6.45, 7) is 4.95. The van der Waals surface area contributed by atoms with E-state index in [0.717, 1.165) is 54.8 Å². The summed E-state index contributed by atoms with van der Waals surface area (Å²) in [5.74, 6) is 0.376. The van der Waals surface area contributed by atoms with Crippen LogP contribution < -0.4 is 4.74 Å². The molecule has 1 saturated carbocycles. The zero-order valence-electron chi connectivity index (χ0n) is 16.8. The Morgan fingerprint density at radius 1 is 1.13 bits per heavy atom. The maximum absolute atomic E-state index is 12.5.